The Morgan fingerprint density at radius 2 is 2.06 bits per heavy atom. The van der Waals surface area contributed by atoms with E-state index in [0.717, 1.165) is 24.2 Å². The predicted molar refractivity (Wildman–Crippen MR) is 74.2 cm³/mol. The Hall–Kier alpha value is -1.81. The predicted octanol–water partition coefficient (Wildman–Crippen LogP) is 1.74. The molecule has 2 N–H and O–H groups in total. The van der Waals surface area contributed by atoms with Gasteiger partial charge in [-0.3, -0.25) is 4.79 Å². The number of nitrogens with zero attached hydrogens (tertiary/aromatic N) is 1. The highest BCUT2D eigenvalue weighted by Crippen LogP contribution is 2.16. The van der Waals surface area contributed by atoms with E-state index in [-0.39, 0.29) is 12.2 Å². The Balaban J connectivity index is 2.47. The molecule has 4 heteroatoms. The maximum absolute atomic E-state index is 12.0. The summed E-state index contributed by atoms with van der Waals surface area (Å²) in [6.45, 7) is 3.50. The van der Waals surface area contributed by atoms with Crippen LogP contribution in [0.3, 0.4) is 0 Å². The summed E-state index contributed by atoms with van der Waals surface area (Å²) < 4.78 is 0. The molecule has 0 amide bonds. The van der Waals surface area contributed by atoms with Crippen molar-refractivity contribution >= 4 is 16.6 Å². The maximum atomic E-state index is 12.0. The number of aliphatic hydroxyl groups is 1. The Morgan fingerprint density at radius 1 is 1.28 bits per heavy atom. The number of anilines is 1. The quantitative estimate of drug-likeness (QED) is 0.845. The first kappa shape index (κ1) is 12.6. The van der Waals surface area contributed by atoms with Gasteiger partial charge in [0.05, 0.1) is 6.61 Å². The van der Waals surface area contributed by atoms with Crippen LogP contribution in [0.5, 0.6) is 0 Å². The van der Waals surface area contributed by atoms with E-state index < -0.39 is 0 Å². The molecule has 1 heterocycles. The van der Waals surface area contributed by atoms with Crippen molar-refractivity contribution in [1.82, 2.24) is 4.98 Å². The molecular weight excluding hydrogens is 228 g/mol. The van der Waals surface area contributed by atoms with Gasteiger partial charge in [0, 0.05) is 18.5 Å². The van der Waals surface area contributed by atoms with Gasteiger partial charge in [0.2, 0.25) is 0 Å². The van der Waals surface area contributed by atoms with Gasteiger partial charge in [0.25, 0.3) is 5.56 Å². The lowest BCUT2D eigenvalue weighted by Gasteiger charge is -2.22. The van der Waals surface area contributed by atoms with E-state index in [1.807, 2.05) is 35.2 Å². The zero-order chi connectivity index (χ0) is 13.0. The van der Waals surface area contributed by atoms with Gasteiger partial charge in [-0.05, 0) is 23.9 Å². The van der Waals surface area contributed by atoms with Crippen LogP contribution in [0.4, 0.5) is 5.82 Å². The van der Waals surface area contributed by atoms with E-state index in [2.05, 4.69) is 11.9 Å². The van der Waals surface area contributed by atoms with Crippen LogP contribution in [-0.2, 0) is 0 Å². The molecule has 2 rings (SSSR count). The first-order valence-corrected chi connectivity index (χ1v) is 6.24. The average Bonchev–Trinajstić information content (AvgIpc) is 2.38. The molecule has 0 aliphatic rings. The maximum Gasteiger partial charge on any atom is 0.257 e. The molecule has 0 unspecified atom stereocenters. The van der Waals surface area contributed by atoms with Crippen LogP contribution < -0.4 is 10.5 Å². The Kier molecular flexibility index (Phi) is 3.99. The van der Waals surface area contributed by atoms with Crippen molar-refractivity contribution < 1.29 is 5.11 Å². The second-order valence-corrected chi connectivity index (χ2v) is 4.28. The van der Waals surface area contributed by atoms with Gasteiger partial charge in [-0.1, -0.05) is 25.1 Å². The van der Waals surface area contributed by atoms with Crippen LogP contribution in [0.2, 0.25) is 0 Å². The normalized spacial score (nSPS) is 10.8. The third kappa shape index (κ3) is 2.54. The number of nitrogens with one attached hydrogen (secondary N) is 1. The summed E-state index contributed by atoms with van der Waals surface area (Å²) >= 11 is 0. The number of aromatic nitrogens is 1. The minimum atomic E-state index is -0.0813. The number of hydrogen-bond donors (Lipinski definition) is 2. The fourth-order valence-corrected chi connectivity index (χ4v) is 2.11. The van der Waals surface area contributed by atoms with Gasteiger partial charge in [-0.25, -0.2) is 0 Å². The highest BCUT2D eigenvalue weighted by Gasteiger charge is 2.08. The van der Waals surface area contributed by atoms with Crippen LogP contribution in [0.15, 0.2) is 35.1 Å². The number of aliphatic hydroxyl groups excluding tert-OH is 1. The minimum Gasteiger partial charge on any atom is -0.395 e. The van der Waals surface area contributed by atoms with Gasteiger partial charge in [0.15, 0.2) is 0 Å². The summed E-state index contributed by atoms with van der Waals surface area (Å²) in [5.41, 5.74) is -0.0813. The molecule has 4 nitrogen and oxygen atoms in total. The molecule has 0 radical (unpaired) electrons. The molecule has 1 aromatic carbocycles. The molecule has 0 aliphatic carbocycles. The third-order valence-electron chi connectivity index (χ3n) is 2.94. The van der Waals surface area contributed by atoms with Crippen LogP contribution in [0.25, 0.3) is 10.8 Å². The molecule has 0 aliphatic heterocycles. The van der Waals surface area contributed by atoms with Crippen molar-refractivity contribution in [3.63, 3.8) is 0 Å². The number of aromatic amines is 1. The van der Waals surface area contributed by atoms with Crippen molar-refractivity contribution in [2.24, 2.45) is 0 Å². The molecular formula is C14H18N2O2. The van der Waals surface area contributed by atoms with Crippen molar-refractivity contribution in [3.05, 3.63) is 40.7 Å². The summed E-state index contributed by atoms with van der Waals surface area (Å²) in [6, 6.07) is 9.48. The minimum absolute atomic E-state index is 0.0782. The van der Waals surface area contributed by atoms with Gasteiger partial charge in [-0.2, -0.15) is 0 Å². The zero-order valence-corrected chi connectivity index (χ0v) is 10.5. The molecule has 0 spiro atoms. The smallest absolute Gasteiger partial charge is 0.257 e. The lowest BCUT2D eigenvalue weighted by molar-refractivity contribution is 0.301. The number of hydrogen-bond acceptors (Lipinski definition) is 3. The van der Waals surface area contributed by atoms with E-state index >= 15 is 0 Å². The highest BCUT2D eigenvalue weighted by atomic mass is 16.3. The van der Waals surface area contributed by atoms with E-state index in [4.69, 9.17) is 5.11 Å². The third-order valence-corrected chi connectivity index (χ3v) is 2.94. The van der Waals surface area contributed by atoms with Gasteiger partial charge in [0.1, 0.15) is 5.82 Å². The molecule has 96 valence electrons. The van der Waals surface area contributed by atoms with Crippen LogP contribution in [0.1, 0.15) is 13.3 Å². The summed E-state index contributed by atoms with van der Waals surface area (Å²) in [5.74, 6) is 0.773. The summed E-state index contributed by atoms with van der Waals surface area (Å²) in [7, 11) is 0. The highest BCUT2D eigenvalue weighted by molar-refractivity contribution is 5.83. The molecule has 0 saturated carbocycles. The van der Waals surface area contributed by atoms with E-state index in [9.17, 15) is 4.79 Å². The fourth-order valence-electron chi connectivity index (χ4n) is 2.11. The number of fused-ring (bicyclic) bond motifs is 1. The van der Waals surface area contributed by atoms with E-state index in [1.165, 1.54) is 0 Å². The van der Waals surface area contributed by atoms with Crippen molar-refractivity contribution in [2.45, 2.75) is 13.3 Å². The summed E-state index contributed by atoms with van der Waals surface area (Å²) in [5, 5.41) is 10.7. The second-order valence-electron chi connectivity index (χ2n) is 4.28. The van der Waals surface area contributed by atoms with Crippen molar-refractivity contribution in [3.8, 4) is 0 Å². The van der Waals surface area contributed by atoms with Crippen molar-refractivity contribution in [1.29, 1.82) is 0 Å². The molecule has 0 saturated heterocycles. The number of pyridine rings is 1. The monoisotopic (exact) mass is 246 g/mol. The Morgan fingerprint density at radius 3 is 2.78 bits per heavy atom. The number of H-pyrrole nitrogens is 1. The van der Waals surface area contributed by atoms with Crippen LogP contribution >= 0.6 is 0 Å². The van der Waals surface area contributed by atoms with E-state index in [0.29, 0.717) is 11.9 Å². The summed E-state index contributed by atoms with van der Waals surface area (Å²) in [4.78, 5) is 16.8. The fraction of sp³-hybridized carbons (Fsp3) is 0.357. The van der Waals surface area contributed by atoms with Crippen LogP contribution in [0, 0.1) is 0 Å². The lowest BCUT2D eigenvalue weighted by Crippen LogP contribution is -2.29. The van der Waals surface area contributed by atoms with Crippen LogP contribution in [-0.4, -0.2) is 29.8 Å². The van der Waals surface area contributed by atoms with Gasteiger partial charge in [-0.15, -0.1) is 0 Å². The molecule has 1 aromatic heterocycles. The molecule has 2 aromatic rings. The van der Waals surface area contributed by atoms with E-state index in [1.54, 1.807) is 0 Å². The Bertz CT molecular complexity index is 571. The van der Waals surface area contributed by atoms with Gasteiger partial charge >= 0.3 is 0 Å². The zero-order valence-electron chi connectivity index (χ0n) is 10.5. The number of benzene rings is 1. The molecule has 0 fully saturated rings. The lowest BCUT2D eigenvalue weighted by atomic mass is 10.1. The molecule has 0 atom stereocenters. The first-order valence-electron chi connectivity index (χ1n) is 6.24. The topological polar surface area (TPSA) is 56.3 Å². The second kappa shape index (κ2) is 5.69. The Labute approximate surface area is 106 Å². The SMILES string of the molecule is CCCN(CCO)c1cc2ccccc2c(=O)[nH]1. The summed E-state index contributed by atoms with van der Waals surface area (Å²) in [6.07, 6.45) is 0.967. The van der Waals surface area contributed by atoms with Crippen molar-refractivity contribution in [2.75, 3.05) is 24.6 Å². The standard InChI is InChI=1S/C14H18N2O2/c1-2-7-16(8-9-17)13-10-11-5-3-4-6-12(11)14(18)15-13/h3-6,10,17H,2,7-9H2,1H3,(H,15,18). The average molecular weight is 246 g/mol. The largest absolute Gasteiger partial charge is 0.395 e. The molecule has 18 heavy (non-hydrogen) atoms. The first-order chi connectivity index (χ1) is 8.76. The van der Waals surface area contributed by atoms with Gasteiger partial charge < -0.3 is 15.0 Å². The molecule has 0 bridgehead atoms. The number of rotatable bonds is 5.